The lowest BCUT2D eigenvalue weighted by molar-refractivity contribution is -0.122. The van der Waals surface area contributed by atoms with Gasteiger partial charge in [0.25, 0.3) is 0 Å². The van der Waals surface area contributed by atoms with Gasteiger partial charge in [0.2, 0.25) is 5.91 Å². The second-order valence-electron chi connectivity index (χ2n) is 5.97. The molecular weight excluding hydrogens is 224 g/mol. The highest BCUT2D eigenvalue weighted by atomic mass is 16.2. The highest BCUT2D eigenvalue weighted by Crippen LogP contribution is 2.59. The maximum atomic E-state index is 12.2. The average Bonchev–Trinajstić information content (AvgIpc) is 3.26. The van der Waals surface area contributed by atoms with Crippen molar-refractivity contribution in [1.82, 2.24) is 5.32 Å². The molecule has 0 heterocycles. The summed E-state index contributed by atoms with van der Waals surface area (Å²) >= 11 is 0. The fourth-order valence-corrected chi connectivity index (χ4v) is 3.58. The molecule has 3 aliphatic carbocycles. The minimum absolute atomic E-state index is 0.196. The van der Waals surface area contributed by atoms with Crippen LogP contribution in [0.25, 0.3) is 0 Å². The van der Waals surface area contributed by atoms with Crippen LogP contribution in [0.2, 0.25) is 0 Å². The molecule has 3 nitrogen and oxygen atoms in total. The van der Waals surface area contributed by atoms with E-state index in [1.165, 1.54) is 11.1 Å². The molecule has 4 rings (SSSR count). The van der Waals surface area contributed by atoms with E-state index in [9.17, 15) is 4.79 Å². The summed E-state index contributed by atoms with van der Waals surface area (Å²) in [6, 6.07) is 9.03. The van der Waals surface area contributed by atoms with E-state index in [4.69, 9.17) is 5.73 Å². The molecule has 2 saturated carbocycles. The van der Waals surface area contributed by atoms with Crippen LogP contribution < -0.4 is 11.1 Å². The lowest BCUT2D eigenvalue weighted by Gasteiger charge is -2.13. The van der Waals surface area contributed by atoms with Crippen molar-refractivity contribution in [2.75, 3.05) is 0 Å². The number of nitrogens with one attached hydrogen (secondary N) is 1. The summed E-state index contributed by atoms with van der Waals surface area (Å²) in [6.07, 6.45) is 3.24. The lowest BCUT2D eigenvalue weighted by Crippen LogP contribution is -2.31. The molecule has 0 spiro atoms. The topological polar surface area (TPSA) is 55.1 Å². The normalized spacial score (nSPS) is 39.5. The third kappa shape index (κ3) is 1.50. The average molecular weight is 242 g/mol. The smallest absolute Gasteiger partial charge is 0.224 e. The molecule has 5 atom stereocenters. The number of fused-ring (bicyclic) bond motifs is 3. The zero-order chi connectivity index (χ0) is 12.3. The molecule has 3 aliphatic rings. The highest BCUT2D eigenvalue weighted by molar-refractivity contribution is 5.84. The summed E-state index contributed by atoms with van der Waals surface area (Å²) in [5, 5.41) is 3.09. The van der Waals surface area contributed by atoms with Crippen LogP contribution in [-0.4, -0.2) is 18.0 Å². The van der Waals surface area contributed by atoms with Crippen LogP contribution in [-0.2, 0) is 11.2 Å². The molecule has 1 aromatic rings. The van der Waals surface area contributed by atoms with Crippen molar-refractivity contribution >= 4 is 5.91 Å². The van der Waals surface area contributed by atoms with E-state index in [0.717, 1.165) is 19.3 Å². The van der Waals surface area contributed by atoms with Gasteiger partial charge in [0.05, 0.1) is 0 Å². The monoisotopic (exact) mass is 242 g/mol. The Bertz CT molecular complexity index is 513. The summed E-state index contributed by atoms with van der Waals surface area (Å²) in [6.45, 7) is 0. The van der Waals surface area contributed by atoms with Crippen LogP contribution in [0.1, 0.15) is 29.9 Å². The molecule has 0 bridgehead atoms. The fraction of sp³-hybridized carbons (Fsp3) is 0.533. The van der Waals surface area contributed by atoms with Crippen molar-refractivity contribution in [3.8, 4) is 0 Å². The van der Waals surface area contributed by atoms with E-state index in [0.29, 0.717) is 11.8 Å². The van der Waals surface area contributed by atoms with Crippen LogP contribution in [0.3, 0.4) is 0 Å². The number of amides is 1. The maximum absolute atomic E-state index is 12.2. The van der Waals surface area contributed by atoms with Crippen molar-refractivity contribution in [3.63, 3.8) is 0 Å². The minimum Gasteiger partial charge on any atom is -0.351 e. The summed E-state index contributed by atoms with van der Waals surface area (Å²) < 4.78 is 0. The summed E-state index contributed by atoms with van der Waals surface area (Å²) in [4.78, 5) is 12.2. The van der Waals surface area contributed by atoms with Crippen molar-refractivity contribution in [2.24, 2.45) is 17.6 Å². The summed E-state index contributed by atoms with van der Waals surface area (Å²) in [7, 11) is 0. The van der Waals surface area contributed by atoms with E-state index in [1.807, 2.05) is 0 Å². The largest absolute Gasteiger partial charge is 0.351 e. The van der Waals surface area contributed by atoms with Gasteiger partial charge in [-0.3, -0.25) is 4.79 Å². The Labute approximate surface area is 107 Å². The summed E-state index contributed by atoms with van der Waals surface area (Å²) in [5.74, 6) is 1.50. The number of carbonyl (C=O) groups excluding carboxylic acids is 1. The molecule has 1 aromatic carbocycles. The molecule has 0 aromatic heterocycles. The van der Waals surface area contributed by atoms with Gasteiger partial charge in [0.1, 0.15) is 0 Å². The van der Waals surface area contributed by atoms with E-state index in [2.05, 4.69) is 29.6 Å². The number of benzene rings is 1. The van der Waals surface area contributed by atoms with Crippen molar-refractivity contribution < 1.29 is 4.79 Å². The van der Waals surface area contributed by atoms with Gasteiger partial charge in [0.15, 0.2) is 0 Å². The van der Waals surface area contributed by atoms with Gasteiger partial charge in [-0.1, -0.05) is 24.3 Å². The van der Waals surface area contributed by atoms with Crippen LogP contribution in [0.15, 0.2) is 24.3 Å². The molecular formula is C15H18N2O. The van der Waals surface area contributed by atoms with Crippen LogP contribution in [0, 0.1) is 11.8 Å². The zero-order valence-electron chi connectivity index (χ0n) is 10.3. The molecule has 1 amide bonds. The van der Waals surface area contributed by atoms with Crippen molar-refractivity contribution in [2.45, 2.75) is 37.3 Å². The first-order valence-corrected chi connectivity index (χ1v) is 6.89. The predicted molar refractivity (Wildman–Crippen MR) is 69.0 cm³/mol. The third-order valence-electron chi connectivity index (χ3n) is 4.80. The second-order valence-corrected chi connectivity index (χ2v) is 5.97. The van der Waals surface area contributed by atoms with Gasteiger partial charge in [-0.15, -0.1) is 0 Å². The fourth-order valence-electron chi connectivity index (χ4n) is 3.58. The van der Waals surface area contributed by atoms with Crippen LogP contribution in [0.5, 0.6) is 0 Å². The standard InChI is InChI=1S/C15H18N2O/c16-11-7-12(11)17-15(18)14-10-6-5-8-3-1-2-4-9(8)13(10)14/h1-4,10-14H,5-7,16H2,(H,17,18). The molecule has 0 aliphatic heterocycles. The molecule has 3 heteroatoms. The van der Waals surface area contributed by atoms with Gasteiger partial charge in [0, 0.05) is 18.0 Å². The highest BCUT2D eigenvalue weighted by Gasteiger charge is 2.57. The number of rotatable bonds is 2. The Hall–Kier alpha value is -1.35. The molecule has 18 heavy (non-hydrogen) atoms. The van der Waals surface area contributed by atoms with E-state index < -0.39 is 0 Å². The number of hydrogen-bond donors (Lipinski definition) is 2. The van der Waals surface area contributed by atoms with Gasteiger partial charge >= 0.3 is 0 Å². The first-order chi connectivity index (χ1) is 8.75. The maximum Gasteiger partial charge on any atom is 0.224 e. The predicted octanol–water partition coefficient (Wildman–Crippen LogP) is 1.18. The van der Waals surface area contributed by atoms with Crippen molar-refractivity contribution in [3.05, 3.63) is 35.4 Å². The van der Waals surface area contributed by atoms with Gasteiger partial charge in [-0.25, -0.2) is 0 Å². The van der Waals surface area contributed by atoms with E-state index >= 15 is 0 Å². The van der Waals surface area contributed by atoms with E-state index in [-0.39, 0.29) is 23.9 Å². The van der Waals surface area contributed by atoms with Crippen LogP contribution >= 0.6 is 0 Å². The van der Waals surface area contributed by atoms with Gasteiger partial charge < -0.3 is 11.1 Å². The summed E-state index contributed by atoms with van der Waals surface area (Å²) in [5.41, 5.74) is 8.60. The number of carbonyl (C=O) groups is 1. The molecule has 2 fully saturated rings. The zero-order valence-corrected chi connectivity index (χ0v) is 10.3. The van der Waals surface area contributed by atoms with Gasteiger partial charge in [-0.05, 0) is 42.2 Å². The van der Waals surface area contributed by atoms with Crippen molar-refractivity contribution in [1.29, 1.82) is 0 Å². The lowest BCUT2D eigenvalue weighted by atomic mass is 9.92. The molecule has 0 saturated heterocycles. The molecule has 0 radical (unpaired) electrons. The quantitative estimate of drug-likeness (QED) is 0.818. The number of nitrogens with two attached hydrogens (primary N) is 1. The molecule has 94 valence electrons. The Kier molecular flexibility index (Phi) is 2.10. The van der Waals surface area contributed by atoms with Crippen LogP contribution in [0.4, 0.5) is 0 Å². The third-order valence-corrected chi connectivity index (χ3v) is 4.80. The Morgan fingerprint density at radius 1 is 1.33 bits per heavy atom. The van der Waals surface area contributed by atoms with Gasteiger partial charge in [-0.2, -0.15) is 0 Å². The molecule has 3 N–H and O–H groups in total. The Balaban J connectivity index is 1.52. The first-order valence-electron chi connectivity index (χ1n) is 6.89. The number of hydrogen-bond acceptors (Lipinski definition) is 2. The SMILES string of the molecule is NC1CC1NC(=O)C1C2CCc3ccccc3C21. The Morgan fingerprint density at radius 3 is 2.89 bits per heavy atom. The second kappa shape index (κ2) is 3.58. The minimum atomic E-state index is 0.196. The first kappa shape index (κ1) is 10.6. The Morgan fingerprint density at radius 2 is 2.11 bits per heavy atom. The number of aryl methyl sites for hydroxylation is 1. The van der Waals surface area contributed by atoms with E-state index in [1.54, 1.807) is 0 Å². The molecule has 5 unspecified atom stereocenters.